The molecule has 0 spiro atoms. The van der Waals surface area contributed by atoms with Crippen LogP contribution in [0.15, 0.2) is 17.6 Å². The van der Waals surface area contributed by atoms with E-state index < -0.39 is 10.0 Å². The molecule has 0 saturated heterocycles. The van der Waals surface area contributed by atoms with Gasteiger partial charge in [-0.2, -0.15) is 8.42 Å². The van der Waals surface area contributed by atoms with Crippen LogP contribution >= 0.6 is 0 Å². The maximum absolute atomic E-state index is 11.9. The SMILES string of the molecule is CCc1nnc(NS(=O)(=O)c2cnc[nH]2)nc1CC. The van der Waals surface area contributed by atoms with Crippen LogP contribution in [-0.4, -0.2) is 33.6 Å². The summed E-state index contributed by atoms with van der Waals surface area (Å²) in [5, 5.41) is 7.69. The number of nitrogens with zero attached hydrogens (tertiary/aromatic N) is 4. The van der Waals surface area contributed by atoms with Gasteiger partial charge in [0.2, 0.25) is 0 Å². The number of H-pyrrole nitrogens is 1. The molecule has 0 atom stereocenters. The monoisotopic (exact) mass is 282 g/mol. The molecule has 0 radical (unpaired) electrons. The van der Waals surface area contributed by atoms with Crippen LogP contribution in [0.25, 0.3) is 0 Å². The number of aromatic amines is 1. The molecule has 0 unspecified atom stereocenters. The Morgan fingerprint density at radius 3 is 2.53 bits per heavy atom. The summed E-state index contributed by atoms with van der Waals surface area (Å²) in [4.78, 5) is 10.3. The molecule has 0 aliphatic heterocycles. The summed E-state index contributed by atoms with van der Waals surface area (Å²) in [6.07, 6.45) is 3.86. The number of hydrogen-bond acceptors (Lipinski definition) is 6. The Bertz CT molecular complexity index is 653. The molecule has 0 aliphatic carbocycles. The van der Waals surface area contributed by atoms with Gasteiger partial charge in [0.25, 0.3) is 16.0 Å². The first kappa shape index (κ1) is 13.4. The fourth-order valence-corrected chi connectivity index (χ4v) is 2.39. The first-order valence-electron chi connectivity index (χ1n) is 5.80. The minimum absolute atomic E-state index is 0.0383. The van der Waals surface area contributed by atoms with Crippen molar-refractivity contribution in [3.05, 3.63) is 23.9 Å². The van der Waals surface area contributed by atoms with E-state index in [1.807, 2.05) is 13.8 Å². The molecule has 0 fully saturated rings. The molecule has 0 aromatic carbocycles. The predicted molar refractivity (Wildman–Crippen MR) is 68.0 cm³/mol. The summed E-state index contributed by atoms with van der Waals surface area (Å²) >= 11 is 0. The second-order valence-corrected chi connectivity index (χ2v) is 5.41. The number of hydrogen-bond donors (Lipinski definition) is 2. The van der Waals surface area contributed by atoms with Gasteiger partial charge in [0.05, 0.1) is 23.9 Å². The van der Waals surface area contributed by atoms with Gasteiger partial charge in [0, 0.05) is 0 Å². The van der Waals surface area contributed by atoms with Crippen LogP contribution in [0.3, 0.4) is 0 Å². The molecule has 0 amide bonds. The minimum Gasteiger partial charge on any atom is -0.334 e. The van der Waals surface area contributed by atoms with E-state index in [4.69, 9.17) is 0 Å². The Morgan fingerprint density at radius 1 is 1.21 bits per heavy atom. The largest absolute Gasteiger partial charge is 0.334 e. The molecule has 2 aromatic rings. The summed E-state index contributed by atoms with van der Waals surface area (Å²) in [7, 11) is -3.75. The quantitative estimate of drug-likeness (QED) is 0.826. The fraction of sp³-hybridized carbons (Fsp3) is 0.400. The minimum atomic E-state index is -3.75. The predicted octanol–water partition coefficient (Wildman–Crippen LogP) is 0.520. The fourth-order valence-electron chi connectivity index (χ4n) is 1.55. The van der Waals surface area contributed by atoms with Crippen molar-refractivity contribution in [1.29, 1.82) is 0 Å². The zero-order valence-electron chi connectivity index (χ0n) is 10.6. The van der Waals surface area contributed by atoms with Crippen molar-refractivity contribution in [1.82, 2.24) is 25.1 Å². The van der Waals surface area contributed by atoms with Crippen molar-refractivity contribution in [3.8, 4) is 0 Å². The lowest BCUT2D eigenvalue weighted by Gasteiger charge is -2.07. The second kappa shape index (κ2) is 5.31. The molecule has 0 saturated carbocycles. The Kier molecular flexibility index (Phi) is 3.74. The van der Waals surface area contributed by atoms with Gasteiger partial charge in [-0.15, -0.1) is 10.2 Å². The molecule has 9 heteroatoms. The molecular weight excluding hydrogens is 268 g/mol. The topological polar surface area (TPSA) is 114 Å². The van der Waals surface area contributed by atoms with Crippen molar-refractivity contribution >= 4 is 16.0 Å². The lowest BCUT2D eigenvalue weighted by Crippen LogP contribution is -2.17. The highest BCUT2D eigenvalue weighted by Crippen LogP contribution is 2.11. The zero-order valence-corrected chi connectivity index (χ0v) is 11.4. The number of imidazole rings is 1. The van der Waals surface area contributed by atoms with Crippen LogP contribution in [0.5, 0.6) is 0 Å². The van der Waals surface area contributed by atoms with Gasteiger partial charge < -0.3 is 4.98 Å². The van der Waals surface area contributed by atoms with Crippen LogP contribution < -0.4 is 4.72 Å². The molecule has 2 heterocycles. The van der Waals surface area contributed by atoms with Gasteiger partial charge in [-0.25, -0.2) is 14.7 Å². The van der Waals surface area contributed by atoms with Crippen molar-refractivity contribution in [2.24, 2.45) is 0 Å². The van der Waals surface area contributed by atoms with Crippen LogP contribution in [-0.2, 0) is 22.9 Å². The molecule has 19 heavy (non-hydrogen) atoms. The second-order valence-electron chi connectivity index (χ2n) is 3.76. The summed E-state index contributed by atoms with van der Waals surface area (Å²) in [6.45, 7) is 3.87. The number of rotatable bonds is 5. The highest BCUT2D eigenvalue weighted by atomic mass is 32.2. The average Bonchev–Trinajstić information content (AvgIpc) is 2.93. The zero-order chi connectivity index (χ0) is 13.9. The number of aryl methyl sites for hydroxylation is 2. The third-order valence-electron chi connectivity index (χ3n) is 2.50. The third kappa shape index (κ3) is 2.87. The lowest BCUT2D eigenvalue weighted by atomic mass is 10.2. The number of nitrogens with one attached hydrogen (secondary N) is 2. The third-order valence-corrected chi connectivity index (χ3v) is 3.75. The molecule has 8 nitrogen and oxygen atoms in total. The van der Waals surface area contributed by atoms with Gasteiger partial charge in [0.15, 0.2) is 5.03 Å². The standard InChI is InChI=1S/C10H14N6O2S/c1-3-7-8(4-2)14-15-10(13-7)16-19(17,18)9-5-11-6-12-9/h5-6H,3-4H2,1-2H3,(H,11,12)(H,13,15,16). The van der Waals surface area contributed by atoms with E-state index in [2.05, 4.69) is 29.9 Å². The van der Waals surface area contributed by atoms with Crippen LogP contribution in [0.4, 0.5) is 5.95 Å². The summed E-state index contributed by atoms with van der Waals surface area (Å²) in [6, 6.07) is 0. The van der Waals surface area contributed by atoms with E-state index in [9.17, 15) is 8.42 Å². The highest BCUT2D eigenvalue weighted by molar-refractivity contribution is 7.92. The molecule has 0 bridgehead atoms. The Morgan fingerprint density at radius 2 is 1.95 bits per heavy atom. The van der Waals surface area contributed by atoms with Crippen LogP contribution in [0.1, 0.15) is 25.2 Å². The highest BCUT2D eigenvalue weighted by Gasteiger charge is 2.18. The normalized spacial score (nSPS) is 11.5. The van der Waals surface area contributed by atoms with Crippen LogP contribution in [0, 0.1) is 0 Å². The summed E-state index contributed by atoms with van der Waals surface area (Å²) < 4.78 is 26.1. The molecular formula is C10H14N6O2S. The van der Waals surface area contributed by atoms with E-state index in [1.165, 1.54) is 12.5 Å². The van der Waals surface area contributed by atoms with Crippen molar-refractivity contribution in [2.75, 3.05) is 4.72 Å². The van der Waals surface area contributed by atoms with Crippen molar-refractivity contribution < 1.29 is 8.42 Å². The van der Waals surface area contributed by atoms with E-state index >= 15 is 0 Å². The van der Waals surface area contributed by atoms with Gasteiger partial charge in [0.1, 0.15) is 0 Å². The molecule has 2 N–H and O–H groups in total. The number of aromatic nitrogens is 5. The first-order valence-corrected chi connectivity index (χ1v) is 7.28. The number of anilines is 1. The maximum atomic E-state index is 11.9. The van der Waals surface area contributed by atoms with E-state index in [0.29, 0.717) is 12.8 Å². The summed E-state index contributed by atoms with van der Waals surface area (Å²) in [5.41, 5.74) is 1.51. The Labute approximate surface area is 110 Å². The number of sulfonamides is 1. The molecule has 2 rings (SSSR count). The van der Waals surface area contributed by atoms with Gasteiger partial charge in [-0.1, -0.05) is 13.8 Å². The van der Waals surface area contributed by atoms with E-state index in [1.54, 1.807) is 0 Å². The lowest BCUT2D eigenvalue weighted by molar-refractivity contribution is 0.597. The van der Waals surface area contributed by atoms with E-state index in [0.717, 1.165) is 11.4 Å². The van der Waals surface area contributed by atoms with E-state index in [-0.39, 0.29) is 11.0 Å². The Balaban J connectivity index is 2.29. The Hall–Kier alpha value is -2.03. The summed E-state index contributed by atoms with van der Waals surface area (Å²) in [5.74, 6) is -0.0383. The molecule has 2 aromatic heterocycles. The van der Waals surface area contributed by atoms with Gasteiger partial charge >= 0.3 is 0 Å². The average molecular weight is 282 g/mol. The van der Waals surface area contributed by atoms with Gasteiger partial charge in [-0.05, 0) is 12.8 Å². The van der Waals surface area contributed by atoms with Gasteiger partial charge in [-0.3, -0.25) is 0 Å². The molecule has 0 aliphatic rings. The maximum Gasteiger partial charge on any atom is 0.281 e. The van der Waals surface area contributed by atoms with Crippen molar-refractivity contribution in [2.45, 2.75) is 31.7 Å². The molecule has 102 valence electrons. The first-order chi connectivity index (χ1) is 9.06. The van der Waals surface area contributed by atoms with Crippen LogP contribution in [0.2, 0.25) is 0 Å². The smallest absolute Gasteiger partial charge is 0.281 e. The van der Waals surface area contributed by atoms with Crippen molar-refractivity contribution in [3.63, 3.8) is 0 Å².